The Morgan fingerprint density at radius 1 is 0.636 bits per heavy atom. The summed E-state index contributed by atoms with van der Waals surface area (Å²) in [6.07, 6.45) is 3.20. The molecule has 0 saturated carbocycles. The number of pyridine rings is 2. The van der Waals surface area contributed by atoms with Crippen molar-refractivity contribution in [3.63, 3.8) is 0 Å². The molecule has 5 heteroatoms. The quantitative estimate of drug-likeness (QED) is 0.0908. The van der Waals surface area contributed by atoms with Crippen LogP contribution in [0, 0.1) is 25.8 Å². The van der Waals surface area contributed by atoms with E-state index in [1.54, 1.807) is 17.3 Å². The smallest absolute Gasteiger partial charge is 0.121 e. The maximum absolute atomic E-state index is 7.28. The third kappa shape index (κ3) is 7.45. The van der Waals surface area contributed by atoms with E-state index in [0.717, 1.165) is 38.8 Å². The number of fused-ring (bicyclic) bond motifs is 6. The minimum Gasteiger partial charge on any atom is -0.501 e. The first-order valence-electron chi connectivity index (χ1n) is 21.6. The molecule has 0 amide bonds. The number of aryl methyl sites for hydroxylation is 2. The van der Waals surface area contributed by atoms with Crippen LogP contribution in [0.25, 0.3) is 77.1 Å². The summed E-state index contributed by atoms with van der Waals surface area (Å²) in [6.45, 7) is 2.75. The summed E-state index contributed by atoms with van der Waals surface area (Å²) in [7, 11) is -1.39. The van der Waals surface area contributed by atoms with Crippen molar-refractivity contribution in [2.45, 2.75) is 52.6 Å². The number of hydrogen-bond donors (Lipinski definition) is 0. The molecule has 0 spiro atoms. The van der Waals surface area contributed by atoms with Gasteiger partial charge >= 0.3 is 0 Å². The second-order valence-corrected chi connectivity index (χ2v) is 19.1. The Kier molecular flexibility index (Phi) is 9.19. The summed E-state index contributed by atoms with van der Waals surface area (Å²) < 4.78 is 50.2. The van der Waals surface area contributed by atoms with E-state index < -0.39 is 21.8 Å². The van der Waals surface area contributed by atoms with Crippen LogP contribution in [0.3, 0.4) is 0 Å². The van der Waals surface area contributed by atoms with Gasteiger partial charge in [0.15, 0.2) is 0 Å². The molecule has 0 bridgehead atoms. The maximum Gasteiger partial charge on any atom is 0.121 e. The molecule has 6 aromatic carbocycles. The van der Waals surface area contributed by atoms with E-state index >= 15 is 0 Å². The summed E-state index contributed by atoms with van der Waals surface area (Å²) in [6, 6.07) is 52.8. The monoisotopic (exact) mass is 915 g/mol. The second-order valence-electron chi connectivity index (χ2n) is 13.8. The van der Waals surface area contributed by atoms with Crippen molar-refractivity contribution in [3.8, 4) is 33.6 Å². The van der Waals surface area contributed by atoms with Crippen molar-refractivity contribution < 1.29 is 32.7 Å². The Hall–Kier alpha value is -5.19. The number of nitrogens with zero attached hydrogens (tertiary/aromatic N) is 2. The van der Waals surface area contributed by atoms with Gasteiger partial charge in [0.1, 0.15) is 5.58 Å². The fraction of sp³-hybridized carbons (Fsp3) is 0.160. The average Bonchev–Trinajstić information content (AvgIpc) is 3.64. The molecule has 0 aliphatic carbocycles. The zero-order valence-electron chi connectivity index (χ0n) is 37.0. The van der Waals surface area contributed by atoms with Crippen LogP contribution in [0.15, 0.2) is 144 Å². The summed E-state index contributed by atoms with van der Waals surface area (Å²) in [4.78, 5) is 8.84. The largest absolute Gasteiger partial charge is 0.501 e. The Bertz CT molecular complexity index is 2890. The predicted molar refractivity (Wildman–Crippen MR) is 231 cm³/mol. The van der Waals surface area contributed by atoms with Crippen LogP contribution < -0.4 is 5.19 Å². The van der Waals surface area contributed by atoms with Crippen molar-refractivity contribution in [1.29, 1.82) is 0 Å². The van der Waals surface area contributed by atoms with Crippen molar-refractivity contribution in [1.82, 2.24) is 9.97 Å². The molecule has 0 fully saturated rings. The van der Waals surface area contributed by atoms with E-state index in [9.17, 15) is 0 Å². The van der Waals surface area contributed by atoms with Crippen molar-refractivity contribution in [2.24, 2.45) is 0 Å². The predicted octanol–water partition coefficient (Wildman–Crippen LogP) is 13.3. The van der Waals surface area contributed by atoms with Crippen LogP contribution in [-0.4, -0.2) is 18.0 Å². The zero-order valence-corrected chi connectivity index (χ0v) is 34.4. The summed E-state index contributed by atoms with van der Waals surface area (Å²) >= 11 is 0. The minimum absolute atomic E-state index is 0. The number of rotatable bonds is 7. The Morgan fingerprint density at radius 2 is 1.42 bits per heavy atom. The third-order valence-corrected chi connectivity index (χ3v) is 16.6. The van der Waals surface area contributed by atoms with Crippen LogP contribution in [-0.2, 0) is 20.1 Å². The number of aromatic nitrogens is 2. The van der Waals surface area contributed by atoms with Gasteiger partial charge in [0.05, 0.1) is 13.7 Å². The van der Waals surface area contributed by atoms with E-state index in [-0.39, 0.29) is 31.2 Å². The van der Waals surface area contributed by atoms with Gasteiger partial charge in [-0.25, -0.2) is 0 Å². The summed E-state index contributed by atoms with van der Waals surface area (Å²) in [5.41, 5.74) is 7.42. The van der Waals surface area contributed by atoms with Crippen molar-refractivity contribution >= 4 is 56.7 Å². The van der Waals surface area contributed by atoms with Crippen LogP contribution in [0.2, 0.25) is 18.1 Å². The van der Waals surface area contributed by atoms with Gasteiger partial charge in [-0.15, -0.1) is 53.6 Å². The van der Waals surface area contributed by atoms with E-state index in [2.05, 4.69) is 129 Å². The van der Waals surface area contributed by atoms with Crippen molar-refractivity contribution in [3.05, 3.63) is 163 Å². The third-order valence-electron chi connectivity index (χ3n) is 11.0. The van der Waals surface area contributed by atoms with Gasteiger partial charge in [-0.3, -0.25) is 0 Å². The van der Waals surface area contributed by atoms with Crippen molar-refractivity contribution in [2.75, 3.05) is 0 Å². The van der Waals surface area contributed by atoms with Gasteiger partial charge in [-0.2, -0.15) is 0 Å². The molecule has 0 saturated heterocycles. The van der Waals surface area contributed by atoms with Gasteiger partial charge < -0.3 is 14.4 Å². The molecular formula is C50H44IrN2OSi-2. The van der Waals surface area contributed by atoms with Crippen LogP contribution >= 0.6 is 0 Å². The number of benzene rings is 6. The van der Waals surface area contributed by atoms with E-state index in [4.69, 9.17) is 17.6 Å². The first-order valence-corrected chi connectivity index (χ1v) is 21.2. The fourth-order valence-corrected chi connectivity index (χ4v) is 11.3. The SMILES string of the molecule is CC[Si](CC)(CC)c1ccc(-c2ccnc(-c3[c-]ccc4c3oc3cc5c(ccc6ccccc65)cc34)c2)cc1.[2H]C([2H])([2H])c1c[c-]c(-c2ccc(C([2H])([2H])[2H])cn2)cc1.[Ir]. The topological polar surface area (TPSA) is 38.9 Å². The molecule has 9 rings (SSSR count). The molecule has 0 unspecified atom stereocenters. The minimum atomic E-state index is -2.18. The van der Waals surface area contributed by atoms with Gasteiger partial charge in [-0.1, -0.05) is 141 Å². The molecule has 55 heavy (non-hydrogen) atoms. The Labute approximate surface area is 347 Å². The molecule has 0 aliphatic rings. The van der Waals surface area contributed by atoms with Gasteiger partial charge in [0, 0.05) is 46.1 Å². The Balaban J connectivity index is 0.000000226. The maximum atomic E-state index is 7.28. The van der Waals surface area contributed by atoms with E-state index in [1.165, 1.54) is 69.6 Å². The second kappa shape index (κ2) is 16.3. The molecule has 0 aliphatic heterocycles. The van der Waals surface area contributed by atoms with Gasteiger partial charge in [-0.05, 0) is 74.7 Å². The standard InChI is InChI=1S/C37H32NOSi.C13H12N.Ir/c1-4-40(5-2,6-3)29-18-16-25(17-19-29)27-20-21-38-35(23-27)32-13-9-12-31-34-22-28-15-14-26-10-7-8-11-30(26)33(28)24-36(34)39-37(31)32;1-10-3-6-12(7-4-10)13-8-5-11(2)9-14-13;/h7-12,14-24H,4-6H2,1-3H3;3-6,8-9H,1-2H3;/q2*-1;/i;1D3,2D3;. The molecular weight excluding hydrogens is 865 g/mol. The zero-order chi connectivity index (χ0) is 42.2. The summed E-state index contributed by atoms with van der Waals surface area (Å²) in [5.74, 6) is 0. The van der Waals surface area contributed by atoms with Crippen LogP contribution in [0.1, 0.15) is 40.1 Å². The van der Waals surface area contributed by atoms with Crippen LogP contribution in [0.5, 0.6) is 0 Å². The number of hydrogen-bond acceptors (Lipinski definition) is 3. The first kappa shape index (κ1) is 31.1. The van der Waals surface area contributed by atoms with Gasteiger partial charge in [0.2, 0.25) is 0 Å². The Morgan fingerprint density at radius 3 is 2.15 bits per heavy atom. The number of furan rings is 1. The van der Waals surface area contributed by atoms with E-state index in [0.29, 0.717) is 11.3 Å². The molecule has 1 radical (unpaired) electrons. The van der Waals surface area contributed by atoms with E-state index in [1.807, 2.05) is 12.3 Å². The molecule has 9 aromatic rings. The molecule has 275 valence electrons. The first-order chi connectivity index (χ1) is 28.8. The molecule has 3 heterocycles. The molecule has 3 aromatic heterocycles. The van der Waals surface area contributed by atoms with Crippen LogP contribution in [0.4, 0.5) is 0 Å². The molecule has 0 N–H and O–H groups in total. The van der Waals surface area contributed by atoms with Gasteiger partial charge in [0.25, 0.3) is 0 Å². The molecule has 0 atom stereocenters. The fourth-order valence-electron chi connectivity index (χ4n) is 7.70. The summed E-state index contributed by atoms with van der Waals surface area (Å²) in [5, 5.41) is 8.68. The average molecular weight is 915 g/mol. The normalized spacial score (nSPS) is 13.5. The molecule has 3 nitrogen and oxygen atoms in total.